The first-order valence-corrected chi connectivity index (χ1v) is 17.9. The quantitative estimate of drug-likeness (QED) is 0.0673. The maximum absolute atomic E-state index is 12.7. The van der Waals surface area contributed by atoms with Crippen molar-refractivity contribution in [3.63, 3.8) is 0 Å². The fourth-order valence-corrected chi connectivity index (χ4v) is 4.36. The lowest BCUT2D eigenvalue weighted by atomic mass is 10.1. The van der Waals surface area contributed by atoms with Crippen LogP contribution in [0.15, 0.2) is 0 Å². The summed E-state index contributed by atoms with van der Waals surface area (Å²) in [6, 6.07) is 0. The smallest absolute Gasteiger partial charge is 0.317 e. The Labute approximate surface area is 304 Å². The molecule has 1 aliphatic heterocycles. The largest absolute Gasteiger partial charge is 0.480 e. The van der Waals surface area contributed by atoms with E-state index < -0.39 is 23.5 Å². The highest BCUT2D eigenvalue weighted by Crippen LogP contribution is 2.12. The number of rotatable bonds is 21. The predicted molar refractivity (Wildman–Crippen MR) is 194 cm³/mol. The molecule has 0 unspecified atom stereocenters. The van der Waals surface area contributed by atoms with Gasteiger partial charge in [-0.2, -0.15) is 0 Å². The predicted octanol–water partition coefficient (Wildman–Crippen LogP) is -0.0330. The Bertz CT molecular complexity index is 908. The van der Waals surface area contributed by atoms with Crippen LogP contribution in [0.25, 0.3) is 0 Å². The van der Waals surface area contributed by atoms with E-state index in [2.05, 4.69) is 38.3 Å². The van der Waals surface area contributed by atoms with Crippen molar-refractivity contribution in [2.24, 2.45) is 5.92 Å². The number of hydrogen-bond donors (Lipinski definition) is 6. The minimum Gasteiger partial charge on any atom is -0.480 e. The molecule has 0 aromatic carbocycles. The summed E-state index contributed by atoms with van der Waals surface area (Å²) in [6.45, 7) is 16.9. The molecule has 51 heavy (non-hydrogen) atoms. The van der Waals surface area contributed by atoms with Gasteiger partial charge in [-0.15, -0.1) is 0 Å². The lowest BCUT2D eigenvalue weighted by Gasteiger charge is -2.32. The Morgan fingerprint density at radius 2 is 1.14 bits per heavy atom. The maximum Gasteiger partial charge on any atom is 0.317 e. The van der Waals surface area contributed by atoms with E-state index in [-0.39, 0.29) is 38.7 Å². The number of aliphatic hydroxyl groups excluding tert-OH is 1. The van der Waals surface area contributed by atoms with Crippen LogP contribution in [0.2, 0.25) is 0 Å². The minimum absolute atomic E-state index is 0.0126. The van der Waals surface area contributed by atoms with Crippen molar-refractivity contribution >= 4 is 30.2 Å². The molecule has 17 nitrogen and oxygen atoms in total. The monoisotopic (exact) mass is 736 g/mol. The van der Waals surface area contributed by atoms with Crippen LogP contribution in [0.4, 0.5) is 0 Å². The summed E-state index contributed by atoms with van der Waals surface area (Å²) in [7, 11) is 0. The summed E-state index contributed by atoms with van der Waals surface area (Å²) in [5.41, 5.74) is -0.424. The van der Waals surface area contributed by atoms with Gasteiger partial charge in [-0.3, -0.25) is 43.6 Å². The third kappa shape index (κ3) is 33.9. The first kappa shape index (κ1) is 50.2. The molecule has 6 N–H and O–H groups in total. The van der Waals surface area contributed by atoms with Crippen molar-refractivity contribution in [2.45, 2.75) is 66.4 Å². The number of nitrogens with one attached hydrogen (secondary N) is 2. The number of aliphatic carboxylic acids is 3. The standard InChI is InChI=1S/C27H51N5O9.C4H10.C3H7NO2/c1-22(2)5-15-41-27(3,4)21-40-16-6-28-23(33)17-29-7-9-30(18-24(34)35)11-13-32(20-26(38)39)14-12-31(10-8-29)19-25(36)37;1-3-4-2;5-2-1-4-3-6/h22H,5-21H2,1-4H3,(H,28,33)(H,34,35)(H,36,37)(H,38,39);3-4H2,1-2H3;3,5H,1-2H2,(H,4,6). The Balaban J connectivity index is 0. The van der Waals surface area contributed by atoms with E-state index in [1.54, 1.807) is 14.7 Å². The first-order chi connectivity index (χ1) is 24.1. The van der Waals surface area contributed by atoms with Crippen LogP contribution in [-0.2, 0) is 33.4 Å². The van der Waals surface area contributed by atoms with Crippen LogP contribution in [0.5, 0.6) is 0 Å². The molecule has 1 aliphatic rings. The van der Waals surface area contributed by atoms with Crippen LogP contribution < -0.4 is 10.6 Å². The molecule has 0 atom stereocenters. The van der Waals surface area contributed by atoms with Gasteiger partial charge in [0.2, 0.25) is 12.3 Å². The van der Waals surface area contributed by atoms with Gasteiger partial charge in [0.15, 0.2) is 0 Å². The second-order valence-corrected chi connectivity index (χ2v) is 13.3. The number of ether oxygens (including phenoxy) is 2. The normalized spacial score (nSPS) is 15.6. The van der Waals surface area contributed by atoms with E-state index in [1.165, 1.54) is 12.8 Å². The van der Waals surface area contributed by atoms with Crippen LogP contribution in [0, 0.1) is 5.92 Å². The van der Waals surface area contributed by atoms with Gasteiger partial charge in [0.1, 0.15) is 0 Å². The van der Waals surface area contributed by atoms with E-state index in [0.29, 0.717) is 97.6 Å². The van der Waals surface area contributed by atoms with Crippen LogP contribution in [0.1, 0.15) is 60.8 Å². The van der Waals surface area contributed by atoms with Crippen molar-refractivity contribution in [1.82, 2.24) is 30.2 Å². The molecule has 2 amide bonds. The second kappa shape index (κ2) is 31.8. The van der Waals surface area contributed by atoms with E-state index >= 15 is 0 Å². The number of hydrogen-bond acceptors (Lipinski definition) is 12. The summed E-state index contributed by atoms with van der Waals surface area (Å²) in [6.07, 6.45) is 4.16. The highest BCUT2D eigenvalue weighted by Gasteiger charge is 2.22. The Morgan fingerprint density at radius 1 is 0.725 bits per heavy atom. The van der Waals surface area contributed by atoms with E-state index in [9.17, 15) is 39.3 Å². The van der Waals surface area contributed by atoms with Crippen molar-refractivity contribution in [2.75, 3.05) is 118 Å². The van der Waals surface area contributed by atoms with Gasteiger partial charge in [0.25, 0.3) is 0 Å². The van der Waals surface area contributed by atoms with E-state index in [0.717, 1.165) is 6.42 Å². The third-order valence-electron chi connectivity index (χ3n) is 7.42. The molecule has 0 saturated carbocycles. The SMILES string of the molecule is CC(C)CCOC(C)(C)COCCNC(=O)CN1CCN(CC(=O)O)CCN(CC(=O)O)CCN(CC(=O)O)CC1.CCCC.O=CNCCO. The Hall–Kier alpha value is -2.93. The highest BCUT2D eigenvalue weighted by molar-refractivity contribution is 5.78. The Kier molecular flexibility index (Phi) is 31.3. The number of unbranched alkanes of at least 4 members (excludes halogenated alkanes) is 1. The minimum atomic E-state index is -1.01. The number of amides is 2. The molecular formula is C34H68N6O11. The van der Waals surface area contributed by atoms with Crippen molar-refractivity contribution in [1.29, 1.82) is 0 Å². The number of aliphatic hydroxyl groups is 1. The summed E-state index contributed by atoms with van der Waals surface area (Å²) >= 11 is 0. The zero-order chi connectivity index (χ0) is 39.1. The van der Waals surface area contributed by atoms with Crippen LogP contribution >= 0.6 is 0 Å². The number of carboxylic acids is 3. The maximum atomic E-state index is 12.7. The molecule has 0 bridgehead atoms. The van der Waals surface area contributed by atoms with Gasteiger partial charge in [0, 0.05) is 72.1 Å². The number of carbonyl (C=O) groups excluding carboxylic acids is 2. The van der Waals surface area contributed by atoms with Gasteiger partial charge >= 0.3 is 17.9 Å². The summed E-state index contributed by atoms with van der Waals surface area (Å²) in [5.74, 6) is -2.64. The van der Waals surface area contributed by atoms with Crippen molar-refractivity contribution < 1.29 is 53.9 Å². The molecule has 0 aliphatic carbocycles. The molecule has 1 fully saturated rings. The average molecular weight is 737 g/mol. The highest BCUT2D eigenvalue weighted by atomic mass is 16.5. The number of carboxylic acid groups (broad SMARTS) is 3. The average Bonchev–Trinajstić information content (AvgIpc) is 3.04. The van der Waals surface area contributed by atoms with Crippen LogP contribution in [0.3, 0.4) is 0 Å². The van der Waals surface area contributed by atoms with Gasteiger partial charge in [-0.05, 0) is 26.2 Å². The zero-order valence-corrected chi connectivity index (χ0v) is 31.9. The molecule has 0 aromatic rings. The first-order valence-electron chi connectivity index (χ1n) is 17.9. The summed E-state index contributed by atoms with van der Waals surface area (Å²) in [5, 5.41) is 41.0. The molecule has 1 heterocycles. The van der Waals surface area contributed by atoms with Gasteiger partial charge in [0.05, 0.1) is 51.6 Å². The molecule has 0 spiro atoms. The summed E-state index contributed by atoms with van der Waals surface area (Å²) < 4.78 is 11.6. The van der Waals surface area contributed by atoms with E-state index in [4.69, 9.17) is 14.6 Å². The lowest BCUT2D eigenvalue weighted by molar-refractivity contribution is -0.140. The Morgan fingerprint density at radius 3 is 1.45 bits per heavy atom. The third-order valence-corrected chi connectivity index (χ3v) is 7.42. The van der Waals surface area contributed by atoms with Crippen molar-refractivity contribution in [3.05, 3.63) is 0 Å². The van der Waals surface area contributed by atoms with E-state index in [1.807, 2.05) is 18.7 Å². The van der Waals surface area contributed by atoms with Gasteiger partial charge < -0.3 is 40.5 Å². The second-order valence-electron chi connectivity index (χ2n) is 13.3. The molecule has 0 radical (unpaired) electrons. The zero-order valence-electron chi connectivity index (χ0n) is 31.9. The lowest BCUT2D eigenvalue weighted by Crippen LogP contribution is -2.50. The van der Waals surface area contributed by atoms with Crippen LogP contribution in [-0.4, -0.2) is 194 Å². The fourth-order valence-electron chi connectivity index (χ4n) is 4.36. The molecule has 0 aromatic heterocycles. The molecule has 1 saturated heterocycles. The molecular weight excluding hydrogens is 668 g/mol. The molecule has 1 rings (SSSR count). The van der Waals surface area contributed by atoms with Gasteiger partial charge in [-0.25, -0.2) is 0 Å². The number of nitrogens with zero attached hydrogens (tertiary/aromatic N) is 4. The summed E-state index contributed by atoms with van der Waals surface area (Å²) in [4.78, 5) is 63.2. The molecule has 300 valence electrons. The number of carbonyl (C=O) groups is 5. The topological polar surface area (TPSA) is 222 Å². The van der Waals surface area contributed by atoms with Crippen molar-refractivity contribution in [3.8, 4) is 0 Å². The fraction of sp³-hybridized carbons (Fsp3) is 0.853. The van der Waals surface area contributed by atoms with Gasteiger partial charge in [-0.1, -0.05) is 40.5 Å². The molecule has 17 heteroatoms.